The van der Waals surface area contributed by atoms with Gasteiger partial charge in [0.15, 0.2) is 11.5 Å². The summed E-state index contributed by atoms with van der Waals surface area (Å²) >= 11 is 0. The van der Waals surface area contributed by atoms with Gasteiger partial charge in [0.05, 0.1) is 25.7 Å². The van der Waals surface area contributed by atoms with E-state index in [1.165, 1.54) is 14.2 Å². The lowest BCUT2D eigenvalue weighted by atomic mass is 9.90. The van der Waals surface area contributed by atoms with Crippen molar-refractivity contribution in [3.05, 3.63) is 23.8 Å². The Bertz CT molecular complexity index is 634. The van der Waals surface area contributed by atoms with Crippen molar-refractivity contribution in [3.63, 3.8) is 0 Å². The number of rotatable bonds is 4. The van der Waals surface area contributed by atoms with E-state index in [2.05, 4.69) is 0 Å². The summed E-state index contributed by atoms with van der Waals surface area (Å²) < 4.78 is 10.6. The van der Waals surface area contributed by atoms with E-state index in [-0.39, 0.29) is 17.2 Å². The summed E-state index contributed by atoms with van der Waals surface area (Å²) in [5.74, 6) is -0.0661. The van der Waals surface area contributed by atoms with Crippen molar-refractivity contribution in [2.24, 2.45) is 11.3 Å². The van der Waals surface area contributed by atoms with Crippen molar-refractivity contribution in [2.75, 3.05) is 27.3 Å². The number of amides is 1. The predicted octanol–water partition coefficient (Wildman–Crippen LogP) is 2.03. The van der Waals surface area contributed by atoms with Crippen LogP contribution in [0.2, 0.25) is 0 Å². The Balaban J connectivity index is 1.72. The first-order valence-electron chi connectivity index (χ1n) is 7.75. The van der Waals surface area contributed by atoms with Crippen LogP contribution in [0.25, 0.3) is 0 Å². The number of carboxylic acids is 1. The van der Waals surface area contributed by atoms with E-state index in [1.807, 2.05) is 0 Å². The quantitative estimate of drug-likeness (QED) is 0.919. The second-order valence-electron chi connectivity index (χ2n) is 6.29. The normalized spacial score (nSPS) is 21.8. The zero-order chi connectivity index (χ0) is 16.6. The molecule has 124 valence electrons. The second kappa shape index (κ2) is 5.76. The Morgan fingerprint density at radius 3 is 2.43 bits per heavy atom. The zero-order valence-corrected chi connectivity index (χ0v) is 13.4. The van der Waals surface area contributed by atoms with Crippen LogP contribution in [0.15, 0.2) is 18.2 Å². The lowest BCUT2D eigenvalue weighted by Crippen LogP contribution is -2.40. The number of hydrogen-bond donors (Lipinski definition) is 1. The minimum absolute atomic E-state index is 0.0823. The summed E-state index contributed by atoms with van der Waals surface area (Å²) in [6.07, 6.45) is 2.25. The topological polar surface area (TPSA) is 76.1 Å². The highest BCUT2D eigenvalue weighted by atomic mass is 16.5. The van der Waals surface area contributed by atoms with E-state index < -0.39 is 5.97 Å². The van der Waals surface area contributed by atoms with Gasteiger partial charge in [-0.3, -0.25) is 9.59 Å². The standard InChI is InChI=1S/C17H21NO5/c1-22-13-5-3-4-11(14(13)23-2)15(19)18-8-6-17(7-9-18)10-12(17)16(20)21/h3-5,12H,6-10H2,1-2H3,(H,20,21). The highest BCUT2D eigenvalue weighted by molar-refractivity contribution is 5.98. The molecule has 2 aliphatic rings. The van der Waals surface area contributed by atoms with Crippen LogP contribution < -0.4 is 9.47 Å². The van der Waals surface area contributed by atoms with Crippen LogP contribution in [0.1, 0.15) is 29.6 Å². The number of para-hydroxylation sites is 1. The number of hydrogen-bond acceptors (Lipinski definition) is 4. The Morgan fingerprint density at radius 2 is 1.91 bits per heavy atom. The molecule has 1 aliphatic carbocycles. The summed E-state index contributed by atoms with van der Waals surface area (Å²) in [5, 5.41) is 9.14. The first kappa shape index (κ1) is 15.6. The molecule has 0 radical (unpaired) electrons. The van der Waals surface area contributed by atoms with Crippen LogP contribution in [-0.4, -0.2) is 49.2 Å². The van der Waals surface area contributed by atoms with E-state index >= 15 is 0 Å². The molecule has 1 atom stereocenters. The van der Waals surface area contributed by atoms with Crippen LogP contribution in [0.4, 0.5) is 0 Å². The van der Waals surface area contributed by atoms with Crippen molar-refractivity contribution in [2.45, 2.75) is 19.3 Å². The molecule has 1 aliphatic heterocycles. The average Bonchev–Trinajstić information content (AvgIpc) is 3.28. The minimum Gasteiger partial charge on any atom is -0.493 e. The Hall–Kier alpha value is -2.24. The third kappa shape index (κ3) is 2.62. The number of carbonyl (C=O) groups excluding carboxylic acids is 1. The fraction of sp³-hybridized carbons (Fsp3) is 0.529. The van der Waals surface area contributed by atoms with Crippen LogP contribution in [0, 0.1) is 11.3 Å². The van der Waals surface area contributed by atoms with Crippen LogP contribution >= 0.6 is 0 Å². The van der Waals surface area contributed by atoms with E-state index in [1.54, 1.807) is 23.1 Å². The highest BCUT2D eigenvalue weighted by Crippen LogP contribution is 2.59. The molecule has 0 aromatic heterocycles. The van der Waals surface area contributed by atoms with Gasteiger partial charge in [-0.2, -0.15) is 0 Å². The molecular formula is C17H21NO5. The molecule has 1 aromatic carbocycles. The SMILES string of the molecule is COc1cccc(C(=O)N2CCC3(CC2)CC3C(=O)O)c1OC. The van der Waals surface area contributed by atoms with Crippen LogP contribution in [-0.2, 0) is 4.79 Å². The zero-order valence-electron chi connectivity index (χ0n) is 13.4. The Kier molecular flexibility index (Phi) is 3.92. The molecule has 6 heteroatoms. The number of methoxy groups -OCH3 is 2. The van der Waals surface area contributed by atoms with Gasteiger partial charge in [0.1, 0.15) is 0 Å². The maximum atomic E-state index is 12.8. The number of ether oxygens (including phenoxy) is 2. The van der Waals surface area contributed by atoms with E-state index in [4.69, 9.17) is 14.6 Å². The maximum absolute atomic E-state index is 12.8. The first-order valence-corrected chi connectivity index (χ1v) is 7.75. The molecule has 1 unspecified atom stereocenters. The van der Waals surface area contributed by atoms with Crippen molar-refractivity contribution in [1.82, 2.24) is 4.90 Å². The summed E-state index contributed by atoms with van der Waals surface area (Å²) in [4.78, 5) is 25.7. The van der Waals surface area contributed by atoms with E-state index in [0.29, 0.717) is 30.2 Å². The summed E-state index contributed by atoms with van der Waals surface area (Å²) in [6.45, 7) is 1.17. The molecule has 1 amide bonds. The molecule has 1 saturated carbocycles. The van der Waals surface area contributed by atoms with Gasteiger partial charge in [-0.15, -0.1) is 0 Å². The van der Waals surface area contributed by atoms with Gasteiger partial charge >= 0.3 is 5.97 Å². The van der Waals surface area contributed by atoms with Crippen molar-refractivity contribution in [1.29, 1.82) is 0 Å². The Labute approximate surface area is 135 Å². The molecular weight excluding hydrogens is 298 g/mol. The number of aliphatic carboxylic acids is 1. The Morgan fingerprint density at radius 1 is 1.22 bits per heavy atom. The third-order valence-corrected chi connectivity index (χ3v) is 5.17. The molecule has 0 bridgehead atoms. The number of nitrogens with zero attached hydrogens (tertiary/aromatic N) is 1. The third-order valence-electron chi connectivity index (χ3n) is 5.17. The largest absolute Gasteiger partial charge is 0.493 e. The molecule has 1 heterocycles. The molecule has 2 fully saturated rings. The van der Waals surface area contributed by atoms with Crippen LogP contribution in [0.3, 0.4) is 0 Å². The summed E-state index contributed by atoms with van der Waals surface area (Å²) in [5.41, 5.74) is 0.398. The fourth-order valence-corrected chi connectivity index (χ4v) is 3.63. The van der Waals surface area contributed by atoms with Gasteiger partial charge in [0.25, 0.3) is 5.91 Å². The molecule has 6 nitrogen and oxygen atoms in total. The number of carboxylic acid groups (broad SMARTS) is 1. The van der Waals surface area contributed by atoms with Gasteiger partial charge in [-0.25, -0.2) is 0 Å². The van der Waals surface area contributed by atoms with E-state index in [0.717, 1.165) is 19.3 Å². The minimum atomic E-state index is -0.709. The fourth-order valence-electron chi connectivity index (χ4n) is 3.63. The van der Waals surface area contributed by atoms with Gasteiger partial charge in [0, 0.05) is 13.1 Å². The molecule has 1 spiro atoms. The molecule has 23 heavy (non-hydrogen) atoms. The maximum Gasteiger partial charge on any atom is 0.307 e. The monoisotopic (exact) mass is 319 g/mol. The number of piperidine rings is 1. The van der Waals surface area contributed by atoms with Gasteiger partial charge in [-0.05, 0) is 36.8 Å². The van der Waals surface area contributed by atoms with Crippen molar-refractivity contribution < 1.29 is 24.2 Å². The molecule has 1 aromatic rings. The average molecular weight is 319 g/mol. The first-order chi connectivity index (χ1) is 11.0. The summed E-state index contributed by atoms with van der Waals surface area (Å²) in [6, 6.07) is 5.25. The smallest absolute Gasteiger partial charge is 0.307 e. The predicted molar refractivity (Wildman–Crippen MR) is 82.9 cm³/mol. The second-order valence-corrected chi connectivity index (χ2v) is 6.29. The number of benzene rings is 1. The lowest BCUT2D eigenvalue weighted by Gasteiger charge is -2.33. The van der Waals surface area contributed by atoms with E-state index in [9.17, 15) is 9.59 Å². The van der Waals surface area contributed by atoms with Crippen molar-refractivity contribution in [3.8, 4) is 11.5 Å². The molecule has 1 saturated heterocycles. The summed E-state index contributed by atoms with van der Waals surface area (Å²) in [7, 11) is 3.05. The van der Waals surface area contributed by atoms with Crippen LogP contribution in [0.5, 0.6) is 11.5 Å². The molecule has 3 rings (SSSR count). The highest BCUT2D eigenvalue weighted by Gasteiger charge is 2.59. The van der Waals surface area contributed by atoms with Crippen molar-refractivity contribution >= 4 is 11.9 Å². The lowest BCUT2D eigenvalue weighted by molar-refractivity contribution is -0.139. The molecule has 1 N–H and O–H groups in total. The van der Waals surface area contributed by atoms with Gasteiger partial charge < -0.3 is 19.5 Å². The van der Waals surface area contributed by atoms with Gasteiger partial charge in [-0.1, -0.05) is 6.07 Å². The van der Waals surface area contributed by atoms with Gasteiger partial charge in [0.2, 0.25) is 0 Å². The number of likely N-dealkylation sites (tertiary alicyclic amines) is 1. The number of carbonyl (C=O) groups is 2.